The third-order valence-electron chi connectivity index (χ3n) is 2.00. The minimum Gasteiger partial charge on any atom is -0.267 e. The van der Waals surface area contributed by atoms with Crippen LogP contribution >= 0.6 is 11.6 Å². The van der Waals surface area contributed by atoms with Crippen LogP contribution in [0.3, 0.4) is 0 Å². The number of halogens is 3. The lowest BCUT2D eigenvalue weighted by molar-refractivity contribution is 0.509. The summed E-state index contributed by atoms with van der Waals surface area (Å²) in [6.45, 7) is 0. The van der Waals surface area contributed by atoms with Gasteiger partial charge in [0.25, 0.3) is 5.56 Å². The van der Waals surface area contributed by atoms with Gasteiger partial charge in [-0.15, -0.1) is 0 Å². The molecule has 0 fully saturated rings. The molecular weight excluding hydrogens is 238 g/mol. The van der Waals surface area contributed by atoms with Crippen LogP contribution in [-0.2, 0) is 0 Å². The summed E-state index contributed by atoms with van der Waals surface area (Å²) in [5.74, 6) is -2.00. The zero-order valence-corrected chi connectivity index (χ0v) is 8.55. The number of H-pyrrole nitrogens is 1. The summed E-state index contributed by atoms with van der Waals surface area (Å²) < 4.78 is 25.7. The van der Waals surface area contributed by atoms with Crippen LogP contribution in [0.2, 0.25) is 5.15 Å². The third-order valence-corrected chi connectivity index (χ3v) is 2.20. The van der Waals surface area contributed by atoms with E-state index in [-0.39, 0.29) is 16.3 Å². The first-order valence-electron chi connectivity index (χ1n) is 4.28. The molecule has 0 spiro atoms. The summed E-state index contributed by atoms with van der Waals surface area (Å²) in [6, 6.07) is 4.45. The lowest BCUT2D eigenvalue weighted by atomic mass is 10.1. The van der Waals surface area contributed by atoms with Crippen molar-refractivity contribution in [2.75, 3.05) is 0 Å². The van der Waals surface area contributed by atoms with Crippen LogP contribution in [0.1, 0.15) is 0 Å². The molecule has 82 valence electrons. The van der Waals surface area contributed by atoms with Crippen LogP contribution in [0.15, 0.2) is 29.1 Å². The maximum atomic E-state index is 13.0. The molecule has 3 nitrogen and oxygen atoms in total. The summed E-state index contributed by atoms with van der Waals surface area (Å²) in [4.78, 5) is 11.4. The minimum atomic E-state index is -1.02. The van der Waals surface area contributed by atoms with Crippen LogP contribution in [0.4, 0.5) is 8.78 Å². The van der Waals surface area contributed by atoms with Crippen molar-refractivity contribution in [3.63, 3.8) is 0 Å². The summed E-state index contributed by atoms with van der Waals surface area (Å²) >= 11 is 5.59. The maximum Gasteiger partial charge on any atom is 0.272 e. The third kappa shape index (κ3) is 1.94. The van der Waals surface area contributed by atoms with Gasteiger partial charge in [-0.2, -0.15) is 5.10 Å². The minimum absolute atomic E-state index is 0.0688. The monoisotopic (exact) mass is 242 g/mol. The van der Waals surface area contributed by atoms with Crippen molar-refractivity contribution >= 4 is 11.6 Å². The highest BCUT2D eigenvalue weighted by Crippen LogP contribution is 2.19. The summed E-state index contributed by atoms with van der Waals surface area (Å²) in [6.07, 6.45) is 0. The quantitative estimate of drug-likeness (QED) is 0.834. The van der Waals surface area contributed by atoms with E-state index in [1.54, 1.807) is 0 Å². The Hall–Kier alpha value is -1.75. The first kappa shape index (κ1) is 10.8. The van der Waals surface area contributed by atoms with E-state index in [0.717, 1.165) is 12.1 Å². The fourth-order valence-electron chi connectivity index (χ4n) is 1.26. The number of benzene rings is 1. The molecule has 16 heavy (non-hydrogen) atoms. The van der Waals surface area contributed by atoms with Crippen LogP contribution in [0.5, 0.6) is 0 Å². The number of rotatable bonds is 1. The second-order valence-electron chi connectivity index (χ2n) is 3.06. The van der Waals surface area contributed by atoms with Crippen LogP contribution in [-0.4, -0.2) is 10.2 Å². The van der Waals surface area contributed by atoms with Crippen molar-refractivity contribution in [3.05, 3.63) is 51.4 Å². The standard InChI is InChI=1S/C10H5ClF2N2O/c11-9-4-6(10(16)15-14-9)5-1-2-7(12)8(13)3-5/h1-4H,(H,15,16). The average Bonchev–Trinajstić information content (AvgIpc) is 2.26. The van der Waals surface area contributed by atoms with Crippen LogP contribution in [0, 0.1) is 11.6 Å². The van der Waals surface area contributed by atoms with Gasteiger partial charge in [0.15, 0.2) is 11.6 Å². The number of hydrogen-bond acceptors (Lipinski definition) is 2. The van der Waals surface area contributed by atoms with Gasteiger partial charge in [0.1, 0.15) is 5.15 Å². The van der Waals surface area contributed by atoms with Crippen molar-refractivity contribution in [1.29, 1.82) is 0 Å². The van der Waals surface area contributed by atoms with E-state index in [0.29, 0.717) is 0 Å². The van der Waals surface area contributed by atoms with E-state index in [1.807, 2.05) is 0 Å². The molecule has 0 aliphatic heterocycles. The first-order chi connectivity index (χ1) is 7.58. The Bertz CT molecular complexity index is 598. The SMILES string of the molecule is O=c1[nH]nc(Cl)cc1-c1ccc(F)c(F)c1. The Morgan fingerprint density at radius 1 is 1.19 bits per heavy atom. The van der Waals surface area contributed by atoms with Gasteiger partial charge in [0.05, 0.1) is 5.56 Å². The smallest absolute Gasteiger partial charge is 0.267 e. The zero-order valence-electron chi connectivity index (χ0n) is 7.80. The van der Waals surface area contributed by atoms with Crippen molar-refractivity contribution in [2.24, 2.45) is 0 Å². The first-order valence-corrected chi connectivity index (χ1v) is 4.66. The Kier molecular flexibility index (Phi) is 2.70. The van der Waals surface area contributed by atoms with Gasteiger partial charge >= 0.3 is 0 Å². The Labute approximate surface area is 93.7 Å². The fourth-order valence-corrected chi connectivity index (χ4v) is 1.41. The lowest BCUT2D eigenvalue weighted by Crippen LogP contribution is -2.10. The highest BCUT2D eigenvalue weighted by molar-refractivity contribution is 6.29. The van der Waals surface area contributed by atoms with E-state index in [2.05, 4.69) is 10.2 Å². The predicted octanol–water partition coefficient (Wildman–Crippen LogP) is 2.37. The lowest BCUT2D eigenvalue weighted by Gasteiger charge is -2.01. The van der Waals surface area contributed by atoms with Gasteiger partial charge < -0.3 is 0 Å². The van der Waals surface area contributed by atoms with E-state index in [9.17, 15) is 13.6 Å². The molecule has 2 rings (SSSR count). The van der Waals surface area contributed by atoms with Gasteiger partial charge in [-0.05, 0) is 23.8 Å². The molecule has 1 aromatic heterocycles. The van der Waals surface area contributed by atoms with Crippen molar-refractivity contribution in [2.45, 2.75) is 0 Å². The molecule has 0 aliphatic carbocycles. The summed E-state index contributed by atoms with van der Waals surface area (Å²) in [5, 5.41) is 5.68. The van der Waals surface area contributed by atoms with Crippen molar-refractivity contribution < 1.29 is 8.78 Å². The van der Waals surface area contributed by atoms with E-state index < -0.39 is 17.2 Å². The molecule has 0 radical (unpaired) electrons. The summed E-state index contributed by atoms with van der Waals surface area (Å²) in [7, 11) is 0. The van der Waals surface area contributed by atoms with E-state index in [4.69, 9.17) is 11.6 Å². The van der Waals surface area contributed by atoms with Crippen LogP contribution in [0.25, 0.3) is 11.1 Å². The second kappa shape index (κ2) is 4.02. The number of nitrogens with zero attached hydrogens (tertiary/aromatic N) is 1. The number of aromatic amines is 1. The molecule has 0 amide bonds. The molecule has 0 saturated carbocycles. The van der Waals surface area contributed by atoms with Crippen molar-refractivity contribution in [3.8, 4) is 11.1 Å². The van der Waals surface area contributed by atoms with Crippen molar-refractivity contribution in [1.82, 2.24) is 10.2 Å². The Morgan fingerprint density at radius 2 is 1.94 bits per heavy atom. The Morgan fingerprint density at radius 3 is 2.62 bits per heavy atom. The molecule has 1 aromatic carbocycles. The molecular formula is C10H5ClF2N2O. The van der Waals surface area contributed by atoms with Gasteiger partial charge in [0.2, 0.25) is 0 Å². The molecule has 1 heterocycles. The van der Waals surface area contributed by atoms with Gasteiger partial charge in [-0.1, -0.05) is 17.7 Å². The predicted molar refractivity (Wildman–Crippen MR) is 55.2 cm³/mol. The second-order valence-corrected chi connectivity index (χ2v) is 3.45. The molecule has 0 saturated heterocycles. The van der Waals surface area contributed by atoms with E-state index >= 15 is 0 Å². The highest BCUT2D eigenvalue weighted by Gasteiger charge is 2.08. The largest absolute Gasteiger partial charge is 0.272 e. The molecule has 0 bridgehead atoms. The Balaban J connectivity index is 2.63. The summed E-state index contributed by atoms with van der Waals surface area (Å²) in [5.41, 5.74) is -0.140. The van der Waals surface area contributed by atoms with Gasteiger partial charge in [-0.3, -0.25) is 4.79 Å². The number of nitrogens with one attached hydrogen (secondary N) is 1. The normalized spacial score (nSPS) is 10.4. The molecule has 0 unspecified atom stereocenters. The maximum absolute atomic E-state index is 13.0. The molecule has 2 aromatic rings. The molecule has 1 N–H and O–H groups in total. The molecule has 6 heteroatoms. The average molecular weight is 243 g/mol. The van der Waals surface area contributed by atoms with Gasteiger partial charge in [-0.25, -0.2) is 13.9 Å². The fraction of sp³-hybridized carbons (Fsp3) is 0. The highest BCUT2D eigenvalue weighted by atomic mass is 35.5. The van der Waals surface area contributed by atoms with Crippen LogP contribution < -0.4 is 5.56 Å². The molecule has 0 atom stereocenters. The van der Waals surface area contributed by atoms with Gasteiger partial charge in [0, 0.05) is 0 Å². The molecule has 0 aliphatic rings. The van der Waals surface area contributed by atoms with E-state index in [1.165, 1.54) is 12.1 Å². The number of aromatic nitrogens is 2. The topological polar surface area (TPSA) is 45.8 Å². The number of hydrogen-bond donors (Lipinski definition) is 1. The zero-order chi connectivity index (χ0) is 11.7.